The second-order valence-corrected chi connectivity index (χ2v) is 13.1. The standard InChI is InChI=1S/C35H39N5O4/c1-20(22-7-12-26(43-6)13-8-22)39-18-24(16-31(39)41)21(2)44-33-32-29(36-19-40(32)25-10-11-25)17-28(37-33)23-9-14-27-30(15-23)38(5)34(42)35(27,3)4/h7-9,12-15,17,19-21,24-25H,10-11,16,18H2,1-6H3/t20-,21-,24-/m1/s1. The number of amides is 2. The summed E-state index contributed by atoms with van der Waals surface area (Å²) in [5.74, 6) is 1.56. The van der Waals surface area contributed by atoms with Crippen molar-refractivity contribution in [2.24, 2.45) is 5.92 Å². The third kappa shape index (κ3) is 4.60. The van der Waals surface area contributed by atoms with E-state index < -0.39 is 5.41 Å². The number of hydrogen-bond acceptors (Lipinski definition) is 6. The molecule has 3 aliphatic rings. The largest absolute Gasteiger partial charge is 0.497 e. The Bertz CT molecular complexity index is 1770. The summed E-state index contributed by atoms with van der Waals surface area (Å²) >= 11 is 0. The average molecular weight is 594 g/mol. The van der Waals surface area contributed by atoms with Gasteiger partial charge in [-0.15, -0.1) is 0 Å². The third-order valence-corrected chi connectivity index (χ3v) is 9.84. The Labute approximate surface area is 257 Å². The highest BCUT2D eigenvalue weighted by atomic mass is 16.5. The van der Waals surface area contributed by atoms with Gasteiger partial charge in [-0.2, -0.15) is 0 Å². The number of methoxy groups -OCH3 is 1. The molecule has 9 nitrogen and oxygen atoms in total. The van der Waals surface area contributed by atoms with Gasteiger partial charge in [0.1, 0.15) is 17.4 Å². The van der Waals surface area contributed by atoms with Gasteiger partial charge in [-0.3, -0.25) is 9.59 Å². The SMILES string of the molecule is COc1ccc([C@@H](C)N2C[C@H]([C@@H](C)Oc3nc(-c4ccc5c(c4)N(C)C(=O)C5(C)C)cc4ncn(C5CC5)c34)CC2=O)cc1. The van der Waals surface area contributed by atoms with Gasteiger partial charge in [0, 0.05) is 43.2 Å². The van der Waals surface area contributed by atoms with E-state index in [0.29, 0.717) is 24.9 Å². The maximum absolute atomic E-state index is 13.2. The highest BCUT2D eigenvalue weighted by Gasteiger charge is 2.42. The number of likely N-dealkylation sites (tertiary alicyclic amines) is 1. The van der Waals surface area contributed by atoms with E-state index in [-0.39, 0.29) is 29.9 Å². The first-order valence-electron chi connectivity index (χ1n) is 15.5. The molecule has 1 saturated carbocycles. The van der Waals surface area contributed by atoms with Gasteiger partial charge in [-0.05, 0) is 75.9 Å². The van der Waals surface area contributed by atoms with Gasteiger partial charge in [0.15, 0.2) is 0 Å². The zero-order valence-electron chi connectivity index (χ0n) is 26.2. The Balaban J connectivity index is 1.18. The van der Waals surface area contributed by atoms with Crippen molar-refractivity contribution >= 4 is 28.5 Å². The van der Waals surface area contributed by atoms with Crippen LogP contribution < -0.4 is 14.4 Å². The maximum atomic E-state index is 13.2. The summed E-state index contributed by atoms with van der Waals surface area (Å²) in [5.41, 5.74) is 5.78. The van der Waals surface area contributed by atoms with E-state index in [4.69, 9.17) is 19.4 Å². The quantitative estimate of drug-likeness (QED) is 0.246. The molecule has 2 amide bonds. The second-order valence-electron chi connectivity index (χ2n) is 13.1. The van der Waals surface area contributed by atoms with Gasteiger partial charge in [-0.1, -0.05) is 24.3 Å². The monoisotopic (exact) mass is 593 g/mol. The Kier molecular flexibility index (Phi) is 6.68. The number of aromatic nitrogens is 3. The number of nitrogens with zero attached hydrogens (tertiary/aromatic N) is 5. The molecule has 3 atom stereocenters. The van der Waals surface area contributed by atoms with Crippen LogP contribution in [0.2, 0.25) is 0 Å². The number of fused-ring (bicyclic) bond motifs is 2. The van der Waals surface area contributed by atoms with Crippen LogP contribution in [0.1, 0.15) is 70.2 Å². The molecule has 2 aliphatic heterocycles. The fraction of sp³-hybridized carbons (Fsp3) is 0.429. The van der Waals surface area contributed by atoms with E-state index in [9.17, 15) is 9.59 Å². The highest BCUT2D eigenvalue weighted by Crippen LogP contribution is 2.44. The molecule has 0 bridgehead atoms. The van der Waals surface area contributed by atoms with Crippen molar-refractivity contribution < 1.29 is 19.1 Å². The first kappa shape index (κ1) is 28.4. The van der Waals surface area contributed by atoms with Gasteiger partial charge in [0.2, 0.25) is 17.7 Å². The van der Waals surface area contributed by atoms with Crippen LogP contribution in [0, 0.1) is 5.92 Å². The normalized spacial score (nSPS) is 20.7. The summed E-state index contributed by atoms with van der Waals surface area (Å²) in [6.07, 6.45) is 4.29. The molecule has 2 aromatic carbocycles. The molecule has 7 rings (SSSR count). The van der Waals surface area contributed by atoms with Crippen molar-refractivity contribution in [1.82, 2.24) is 19.4 Å². The van der Waals surface area contributed by atoms with Crippen LogP contribution in [-0.4, -0.2) is 58.1 Å². The van der Waals surface area contributed by atoms with Gasteiger partial charge in [0.25, 0.3) is 0 Å². The molecule has 1 saturated heterocycles. The molecule has 0 unspecified atom stereocenters. The van der Waals surface area contributed by atoms with Crippen molar-refractivity contribution in [3.63, 3.8) is 0 Å². The number of imidazole rings is 1. The van der Waals surface area contributed by atoms with Crippen molar-refractivity contribution in [2.75, 3.05) is 25.6 Å². The zero-order valence-corrected chi connectivity index (χ0v) is 26.2. The van der Waals surface area contributed by atoms with Crippen LogP contribution in [0.3, 0.4) is 0 Å². The lowest BCUT2D eigenvalue weighted by Crippen LogP contribution is -2.33. The predicted molar refractivity (Wildman–Crippen MR) is 169 cm³/mol. The summed E-state index contributed by atoms with van der Waals surface area (Å²) in [7, 11) is 3.48. The van der Waals surface area contributed by atoms with Crippen molar-refractivity contribution in [3.8, 4) is 22.9 Å². The minimum absolute atomic E-state index is 0.0166. The van der Waals surface area contributed by atoms with Gasteiger partial charge >= 0.3 is 0 Å². The number of anilines is 1. The van der Waals surface area contributed by atoms with Crippen molar-refractivity contribution in [2.45, 2.75) is 70.6 Å². The van der Waals surface area contributed by atoms with E-state index in [1.807, 2.05) is 87.6 Å². The van der Waals surface area contributed by atoms with Crippen LogP contribution in [-0.2, 0) is 15.0 Å². The Morgan fingerprint density at radius 1 is 1.02 bits per heavy atom. The molecule has 2 fully saturated rings. The van der Waals surface area contributed by atoms with Crippen molar-refractivity contribution in [1.29, 1.82) is 0 Å². The van der Waals surface area contributed by atoms with Crippen LogP contribution in [0.5, 0.6) is 11.6 Å². The number of carbonyl (C=O) groups excluding carboxylic acids is 2. The lowest BCUT2D eigenvalue weighted by Gasteiger charge is -2.27. The van der Waals surface area contributed by atoms with Crippen LogP contribution in [0.4, 0.5) is 5.69 Å². The first-order chi connectivity index (χ1) is 21.1. The van der Waals surface area contributed by atoms with Gasteiger partial charge < -0.3 is 23.8 Å². The topological polar surface area (TPSA) is 89.8 Å². The number of carbonyl (C=O) groups is 2. The molecular weight excluding hydrogens is 554 g/mol. The van der Waals surface area contributed by atoms with Crippen LogP contribution in [0.15, 0.2) is 54.9 Å². The molecule has 228 valence electrons. The minimum atomic E-state index is -0.565. The lowest BCUT2D eigenvalue weighted by molar-refractivity contribution is -0.129. The van der Waals surface area contributed by atoms with Crippen LogP contribution in [0.25, 0.3) is 22.3 Å². The molecule has 0 spiro atoms. The smallest absolute Gasteiger partial charge is 0.241 e. The summed E-state index contributed by atoms with van der Waals surface area (Å²) in [4.78, 5) is 39.6. The Morgan fingerprint density at radius 3 is 2.48 bits per heavy atom. The van der Waals surface area contributed by atoms with Gasteiger partial charge in [-0.25, -0.2) is 9.97 Å². The molecule has 4 heterocycles. The fourth-order valence-electron chi connectivity index (χ4n) is 6.81. The third-order valence-electron chi connectivity index (χ3n) is 9.84. The summed E-state index contributed by atoms with van der Waals surface area (Å²) in [5, 5.41) is 0. The number of hydrogen-bond donors (Lipinski definition) is 0. The van der Waals surface area contributed by atoms with E-state index in [0.717, 1.165) is 57.7 Å². The Morgan fingerprint density at radius 2 is 1.77 bits per heavy atom. The lowest BCUT2D eigenvalue weighted by atomic mass is 9.85. The maximum Gasteiger partial charge on any atom is 0.241 e. The van der Waals surface area contributed by atoms with Crippen LogP contribution >= 0.6 is 0 Å². The van der Waals surface area contributed by atoms with E-state index in [1.54, 1.807) is 12.0 Å². The number of benzene rings is 2. The van der Waals surface area contributed by atoms with E-state index >= 15 is 0 Å². The molecule has 2 aromatic heterocycles. The summed E-state index contributed by atoms with van der Waals surface area (Å²) < 4.78 is 14.2. The zero-order chi connectivity index (χ0) is 30.9. The van der Waals surface area contributed by atoms with Gasteiger partial charge in [0.05, 0.1) is 36.1 Å². The molecule has 0 radical (unpaired) electrons. The summed E-state index contributed by atoms with van der Waals surface area (Å²) in [6, 6.07) is 16.4. The minimum Gasteiger partial charge on any atom is -0.497 e. The molecule has 9 heteroatoms. The molecular formula is C35H39N5O4. The van der Waals surface area contributed by atoms with E-state index in [1.165, 1.54) is 0 Å². The van der Waals surface area contributed by atoms with Crippen molar-refractivity contribution in [3.05, 3.63) is 66.0 Å². The highest BCUT2D eigenvalue weighted by molar-refractivity contribution is 6.07. The summed E-state index contributed by atoms with van der Waals surface area (Å²) in [6.45, 7) is 8.64. The molecule has 4 aromatic rings. The number of pyridine rings is 1. The fourth-order valence-corrected chi connectivity index (χ4v) is 6.81. The molecule has 0 N–H and O–H groups in total. The number of likely N-dealkylation sites (N-methyl/N-ethyl adjacent to an activating group) is 1. The molecule has 1 aliphatic carbocycles. The molecule has 44 heavy (non-hydrogen) atoms. The second kappa shape index (κ2) is 10.4. The number of rotatable bonds is 8. The average Bonchev–Trinajstić information content (AvgIpc) is 3.61. The number of ether oxygens (including phenoxy) is 2. The Hall–Kier alpha value is -4.40. The van der Waals surface area contributed by atoms with E-state index in [2.05, 4.69) is 11.5 Å². The predicted octanol–water partition coefficient (Wildman–Crippen LogP) is 6.07. The first-order valence-corrected chi connectivity index (χ1v) is 15.5.